The van der Waals surface area contributed by atoms with Crippen LogP contribution >= 0.6 is 46.4 Å². The van der Waals surface area contributed by atoms with Crippen molar-refractivity contribution in [2.24, 2.45) is 10.2 Å². The van der Waals surface area contributed by atoms with E-state index in [0.717, 1.165) is 70.7 Å². The minimum atomic E-state index is -1.98. The Bertz CT molecular complexity index is 2760. The molecule has 4 atom stereocenters. The fourth-order valence-corrected chi connectivity index (χ4v) is 11.1. The first-order chi connectivity index (χ1) is 44.8. The number of benzene rings is 4. The monoisotopic (exact) mass is 1360 g/mol. The fourth-order valence-electron chi connectivity index (χ4n) is 10.0. The number of nitrogens with one attached hydrogen (secondary N) is 6. The molecule has 92 heavy (non-hydrogen) atoms. The summed E-state index contributed by atoms with van der Waals surface area (Å²) in [5, 5.41) is 41.6. The summed E-state index contributed by atoms with van der Waals surface area (Å²) in [4.78, 5) is 29.1. The van der Waals surface area contributed by atoms with Gasteiger partial charge in [-0.1, -0.05) is 82.8 Å². The van der Waals surface area contributed by atoms with Gasteiger partial charge in [0.15, 0.2) is 12.2 Å². The van der Waals surface area contributed by atoms with Gasteiger partial charge >= 0.3 is 0 Å². The standard InChI is InChI=1S/C64H88Cl4N10O14/c1-77-41-53(51-35-49(65)37-57(67)55(51)43-77)45-5-3-7-47(33-45)59(75-69)39-71-9-13-83-17-21-87-25-29-91-31-27-89-23-19-85-15-11-73-63(81)61(79)62(80)64(82)74-12-16-86-20-24-90-28-32-92-30-26-88-22-18-84-14-10-72-40-60(76-70)48-8-4-6-46(34-48)54-42-78(2)44-56-52(54)36-50(66)38-58(56)68/h3-8,33-40,53-54,61-62,69-72,79-80H,9-32,41-44H2,1-2H3,(H,73,81)(H,74,82)/b59-39-,60-40-,75-69?,76-70?/t53-,54-,61+,62+/m0/s1. The van der Waals surface area contributed by atoms with Gasteiger partial charge in [0.05, 0.1) is 132 Å². The highest BCUT2D eigenvalue weighted by Crippen LogP contribution is 2.41. The lowest BCUT2D eigenvalue weighted by Crippen LogP contribution is -2.50. The molecule has 0 fully saturated rings. The Morgan fingerprint density at radius 1 is 0.489 bits per heavy atom. The maximum Gasteiger partial charge on any atom is 0.252 e. The van der Waals surface area contributed by atoms with E-state index in [0.29, 0.717) is 150 Å². The van der Waals surface area contributed by atoms with Crippen molar-refractivity contribution in [2.75, 3.05) is 186 Å². The van der Waals surface area contributed by atoms with E-state index in [1.54, 1.807) is 24.5 Å². The molecule has 0 bridgehead atoms. The average Bonchev–Trinajstić information content (AvgIpc) is 0.811. The molecular formula is C64H88Cl4N10O14. The van der Waals surface area contributed by atoms with Gasteiger partial charge in [-0.2, -0.15) is 10.2 Å². The predicted molar refractivity (Wildman–Crippen MR) is 351 cm³/mol. The Hall–Kier alpha value is -5.30. The third-order valence-electron chi connectivity index (χ3n) is 14.6. The number of aliphatic hydroxyl groups excluding tert-OH is 2. The largest absolute Gasteiger partial charge is 0.387 e. The Balaban J connectivity index is 0.648. The van der Waals surface area contributed by atoms with Crippen LogP contribution in [0.25, 0.3) is 11.4 Å². The summed E-state index contributed by atoms with van der Waals surface area (Å²) in [7, 11) is 4.14. The summed E-state index contributed by atoms with van der Waals surface area (Å²) in [5.74, 6) is -1.70. The van der Waals surface area contributed by atoms with E-state index in [1.807, 2.05) is 36.4 Å². The van der Waals surface area contributed by atoms with Gasteiger partial charge in [0.25, 0.3) is 11.8 Å². The molecule has 0 radical (unpaired) electrons. The van der Waals surface area contributed by atoms with Crippen molar-refractivity contribution in [3.05, 3.63) is 150 Å². The predicted octanol–water partition coefficient (Wildman–Crippen LogP) is 7.11. The van der Waals surface area contributed by atoms with Crippen LogP contribution in [-0.2, 0) is 70.0 Å². The highest BCUT2D eigenvalue weighted by molar-refractivity contribution is 6.35. The number of aliphatic hydroxyl groups is 2. The molecule has 0 unspecified atom stereocenters. The first kappa shape index (κ1) is 75.7. The molecule has 2 amide bonds. The van der Waals surface area contributed by atoms with Crippen molar-refractivity contribution in [3.8, 4) is 0 Å². The lowest BCUT2D eigenvalue weighted by Gasteiger charge is -2.33. The second-order valence-electron chi connectivity index (χ2n) is 21.4. The number of ether oxygens (including phenoxy) is 10. The molecule has 2 aliphatic rings. The third-order valence-corrected chi connectivity index (χ3v) is 15.7. The molecule has 0 saturated carbocycles. The van der Waals surface area contributed by atoms with E-state index in [9.17, 15) is 19.8 Å². The second kappa shape index (κ2) is 43.6. The lowest BCUT2D eigenvalue weighted by molar-refractivity contribution is -0.146. The number of fused-ring (bicyclic) bond motifs is 2. The Morgan fingerprint density at radius 2 is 0.793 bits per heavy atom. The smallest absolute Gasteiger partial charge is 0.252 e. The number of carbonyl (C=O) groups excluding carboxylic acids is 2. The highest BCUT2D eigenvalue weighted by Gasteiger charge is 2.31. The molecule has 0 spiro atoms. The summed E-state index contributed by atoms with van der Waals surface area (Å²) in [6.07, 6.45) is -0.525. The van der Waals surface area contributed by atoms with E-state index in [2.05, 4.69) is 79.7 Å². The van der Waals surface area contributed by atoms with Gasteiger partial charge < -0.3 is 88.6 Å². The summed E-state index contributed by atoms with van der Waals surface area (Å²) >= 11 is 25.9. The molecule has 4 aromatic rings. The number of nitrogens with zero attached hydrogens (tertiary/aromatic N) is 4. The molecule has 2 heterocycles. The minimum Gasteiger partial charge on any atom is -0.387 e. The van der Waals surface area contributed by atoms with E-state index in [1.165, 1.54) is 0 Å². The number of hydrogen-bond donors (Lipinski definition) is 8. The van der Waals surface area contributed by atoms with Crippen LogP contribution in [0.1, 0.15) is 56.3 Å². The zero-order valence-electron chi connectivity index (χ0n) is 52.3. The molecule has 24 nitrogen and oxygen atoms in total. The Kier molecular flexibility index (Phi) is 35.9. The summed E-state index contributed by atoms with van der Waals surface area (Å²) in [6.45, 7) is 11.1. The first-order valence-electron chi connectivity index (χ1n) is 30.6. The van der Waals surface area contributed by atoms with E-state index in [-0.39, 0.29) is 51.4 Å². The maximum atomic E-state index is 12.3. The molecule has 8 N–H and O–H groups in total. The van der Waals surface area contributed by atoms with E-state index in [4.69, 9.17) is 105 Å². The number of amides is 2. The molecule has 6 rings (SSSR count). The molecule has 0 saturated heterocycles. The first-order valence-corrected chi connectivity index (χ1v) is 32.1. The molecule has 0 aliphatic carbocycles. The van der Waals surface area contributed by atoms with Crippen molar-refractivity contribution in [2.45, 2.75) is 37.1 Å². The highest BCUT2D eigenvalue weighted by atomic mass is 35.5. The van der Waals surface area contributed by atoms with Crippen LogP contribution in [0, 0.1) is 11.1 Å². The Morgan fingerprint density at radius 3 is 1.11 bits per heavy atom. The lowest BCUT2D eigenvalue weighted by atomic mass is 9.84. The number of carbonyl (C=O) groups is 2. The zero-order chi connectivity index (χ0) is 65.7. The third kappa shape index (κ3) is 26.8. The molecule has 28 heteroatoms. The molecule has 0 aromatic heterocycles. The maximum absolute atomic E-state index is 12.3. The zero-order valence-corrected chi connectivity index (χ0v) is 55.3. The van der Waals surface area contributed by atoms with Crippen molar-refractivity contribution in [1.82, 2.24) is 31.1 Å². The van der Waals surface area contributed by atoms with Crippen LogP contribution in [0.15, 0.2) is 95.4 Å². The van der Waals surface area contributed by atoms with Gasteiger partial charge in [-0.05, 0) is 83.9 Å². The van der Waals surface area contributed by atoms with E-state index < -0.39 is 24.0 Å². The van der Waals surface area contributed by atoms with Crippen molar-refractivity contribution < 1.29 is 67.2 Å². The van der Waals surface area contributed by atoms with Crippen LogP contribution in [-0.4, -0.2) is 230 Å². The van der Waals surface area contributed by atoms with Crippen LogP contribution in [0.3, 0.4) is 0 Å². The quantitative estimate of drug-likeness (QED) is 0.0161. The van der Waals surface area contributed by atoms with Crippen LogP contribution in [0.4, 0.5) is 0 Å². The summed E-state index contributed by atoms with van der Waals surface area (Å²) in [5.41, 5.74) is 24.8. The van der Waals surface area contributed by atoms with Crippen LogP contribution in [0.5, 0.6) is 0 Å². The van der Waals surface area contributed by atoms with Gasteiger partial charge in [-0.15, -0.1) is 0 Å². The van der Waals surface area contributed by atoms with E-state index >= 15 is 0 Å². The fraction of sp³-hybridized carbons (Fsp3) is 0.531. The van der Waals surface area contributed by atoms with Crippen molar-refractivity contribution in [1.29, 1.82) is 11.1 Å². The number of halogens is 4. The van der Waals surface area contributed by atoms with Crippen molar-refractivity contribution >= 4 is 69.6 Å². The SMILES string of the molecule is CN1Cc2c(Cl)cc(Cl)cc2[C@H](c2cccc(/C(=C/NCCOCCOCCOCCOCCOCCNC(=O)[C@H](O)[C@@H](O)C(=O)NCCOCCOCCOCCOCCOCCN/C=C(\N=N)c3cccc([C@@H]4CN(C)Cc5c(Cl)cc(Cl)cc54)c3)N=N)c2)C1. The molecular weight excluding hydrogens is 1270 g/mol. The topological polar surface area (TPSA) is 294 Å². The van der Waals surface area contributed by atoms with Gasteiger partial charge in [0, 0.05) is 108 Å². The van der Waals surface area contributed by atoms with Gasteiger partial charge in [0.2, 0.25) is 0 Å². The van der Waals surface area contributed by atoms with Crippen molar-refractivity contribution in [3.63, 3.8) is 0 Å². The van der Waals surface area contributed by atoms with Gasteiger partial charge in [0.1, 0.15) is 11.4 Å². The van der Waals surface area contributed by atoms with Crippen LogP contribution < -0.4 is 21.3 Å². The second-order valence-corrected chi connectivity index (χ2v) is 23.1. The summed E-state index contributed by atoms with van der Waals surface area (Å²) < 4.78 is 55.4. The van der Waals surface area contributed by atoms with Gasteiger partial charge in [-0.3, -0.25) is 9.59 Å². The van der Waals surface area contributed by atoms with Gasteiger partial charge in [-0.25, -0.2) is 11.1 Å². The Labute approximate surface area is 558 Å². The normalized spacial score (nSPS) is 16.0. The number of hydrogen-bond acceptors (Lipinski definition) is 22. The molecule has 4 aromatic carbocycles. The summed E-state index contributed by atoms with van der Waals surface area (Å²) in [6, 6.07) is 23.6. The molecule has 2 aliphatic heterocycles. The molecule has 506 valence electrons. The average molecular weight is 1360 g/mol. The van der Waals surface area contributed by atoms with Crippen LogP contribution in [0.2, 0.25) is 20.1 Å². The number of rotatable bonds is 47. The number of likely N-dealkylation sites (N-methyl/N-ethyl adjacent to an activating group) is 2. The minimum absolute atomic E-state index is 0.0400.